The van der Waals surface area contributed by atoms with Gasteiger partial charge in [0.05, 0.1) is 6.04 Å². The molecular weight excluding hydrogens is 589 g/mol. The smallest absolute Gasteiger partial charge is 0.258 e. The van der Waals surface area contributed by atoms with Crippen molar-refractivity contribution in [2.24, 2.45) is 0 Å². The van der Waals surface area contributed by atoms with Gasteiger partial charge in [0, 0.05) is 54.2 Å². The molecule has 3 amide bonds. The molecule has 14 heteroatoms. The molecule has 2 aliphatic rings. The summed E-state index contributed by atoms with van der Waals surface area (Å²) in [6.07, 6.45) is -2.12. The van der Waals surface area contributed by atoms with Crippen molar-refractivity contribution in [2.45, 2.75) is 55.8 Å². The molecule has 0 bridgehead atoms. The lowest BCUT2D eigenvalue weighted by Crippen LogP contribution is -2.54. The Labute approximate surface area is 248 Å². The first-order valence-corrected chi connectivity index (χ1v) is 13.6. The number of aromatic nitrogens is 2. The maximum Gasteiger partial charge on any atom is 0.258 e. The predicted octanol–water partition coefficient (Wildman–Crippen LogP) is 3.69. The van der Waals surface area contributed by atoms with Crippen molar-refractivity contribution in [1.82, 2.24) is 15.3 Å². The van der Waals surface area contributed by atoms with Gasteiger partial charge in [-0.05, 0) is 30.3 Å². The second-order valence-corrected chi connectivity index (χ2v) is 10.7. The maximum absolute atomic E-state index is 14.5. The molecule has 0 radical (unpaired) electrons. The van der Waals surface area contributed by atoms with E-state index in [1.807, 2.05) is 6.07 Å². The fraction of sp³-hybridized carbons (Fsp3) is 0.310. The Hall–Kier alpha value is -4.54. The molecule has 0 spiro atoms. The number of carbonyl (C=O) groups is 3. The van der Waals surface area contributed by atoms with Gasteiger partial charge in [-0.2, -0.15) is 5.26 Å². The number of aliphatic hydroxyl groups excluding tert-OH is 1. The Morgan fingerprint density at radius 3 is 2.63 bits per heavy atom. The van der Waals surface area contributed by atoms with E-state index in [0.717, 1.165) is 21.9 Å². The summed E-state index contributed by atoms with van der Waals surface area (Å²) in [6.45, 7) is 0. The minimum atomic E-state index is -2.93. The summed E-state index contributed by atoms with van der Waals surface area (Å²) in [5.74, 6) is -6.26. The van der Waals surface area contributed by atoms with Crippen molar-refractivity contribution in [3.05, 3.63) is 82.9 Å². The van der Waals surface area contributed by atoms with Gasteiger partial charge in [0.25, 0.3) is 11.8 Å². The maximum atomic E-state index is 14.5. The summed E-state index contributed by atoms with van der Waals surface area (Å²) in [6, 6.07) is 10.8. The number of carbonyl (C=O) groups excluding carboxylic acids is 3. The number of nitrogens with one attached hydrogen (secondary N) is 1. The number of nitriles is 1. The van der Waals surface area contributed by atoms with Crippen LogP contribution in [0.2, 0.25) is 5.02 Å². The van der Waals surface area contributed by atoms with E-state index in [1.54, 1.807) is 12.1 Å². The molecule has 1 saturated heterocycles. The Morgan fingerprint density at radius 2 is 1.95 bits per heavy atom. The Kier molecular flexibility index (Phi) is 8.34. The van der Waals surface area contributed by atoms with Crippen molar-refractivity contribution in [3.8, 4) is 6.07 Å². The van der Waals surface area contributed by atoms with Crippen molar-refractivity contribution in [1.29, 1.82) is 5.26 Å². The van der Waals surface area contributed by atoms with E-state index >= 15 is 0 Å². The highest BCUT2D eigenvalue weighted by Gasteiger charge is 2.48. The van der Waals surface area contributed by atoms with E-state index in [-0.39, 0.29) is 34.3 Å². The minimum absolute atomic E-state index is 0.0387. The van der Waals surface area contributed by atoms with Gasteiger partial charge in [0.2, 0.25) is 17.8 Å². The highest BCUT2D eigenvalue weighted by Crippen LogP contribution is 2.39. The van der Waals surface area contributed by atoms with Crippen LogP contribution < -0.4 is 15.1 Å². The van der Waals surface area contributed by atoms with Gasteiger partial charge in [-0.3, -0.25) is 24.2 Å². The lowest BCUT2D eigenvalue weighted by molar-refractivity contribution is -0.133. The molecule has 3 aromatic rings. The van der Waals surface area contributed by atoms with Crippen LogP contribution in [-0.4, -0.2) is 56.9 Å². The van der Waals surface area contributed by atoms with Crippen LogP contribution in [0.15, 0.2) is 60.8 Å². The number of halogens is 4. The SMILES string of the molecule is N#Cc1ccnc(N2C(=O)[C@@H](O)C[C@H]2CC(=O)N(c2cccc(F)c2)[C@H](C(=O)NC2CC(F)(F)C2)c2ccccc2Cl)n1. The summed E-state index contributed by atoms with van der Waals surface area (Å²) in [4.78, 5) is 50.9. The van der Waals surface area contributed by atoms with Gasteiger partial charge in [0.1, 0.15) is 29.7 Å². The summed E-state index contributed by atoms with van der Waals surface area (Å²) in [5, 5.41) is 22.3. The predicted molar refractivity (Wildman–Crippen MR) is 147 cm³/mol. The van der Waals surface area contributed by atoms with Crippen LogP contribution in [0.4, 0.5) is 24.8 Å². The van der Waals surface area contributed by atoms with Gasteiger partial charge in [-0.25, -0.2) is 23.1 Å². The summed E-state index contributed by atoms with van der Waals surface area (Å²) >= 11 is 6.46. The Balaban J connectivity index is 1.54. The van der Waals surface area contributed by atoms with Crippen LogP contribution in [0.5, 0.6) is 0 Å². The summed E-state index contributed by atoms with van der Waals surface area (Å²) in [5.41, 5.74) is 0.0562. The molecule has 3 atom stereocenters. The van der Waals surface area contributed by atoms with E-state index in [4.69, 9.17) is 11.6 Å². The molecule has 1 aromatic heterocycles. The first-order valence-electron chi connectivity index (χ1n) is 13.2. The number of alkyl halides is 2. The van der Waals surface area contributed by atoms with Gasteiger partial charge in [-0.1, -0.05) is 35.9 Å². The van der Waals surface area contributed by atoms with Crippen LogP contribution in [0.25, 0.3) is 0 Å². The van der Waals surface area contributed by atoms with E-state index < -0.39 is 73.0 Å². The number of aliphatic hydroxyl groups is 1. The molecule has 0 unspecified atom stereocenters. The zero-order valence-electron chi connectivity index (χ0n) is 22.3. The van der Waals surface area contributed by atoms with E-state index in [9.17, 15) is 37.9 Å². The lowest BCUT2D eigenvalue weighted by Gasteiger charge is -2.38. The van der Waals surface area contributed by atoms with E-state index in [2.05, 4.69) is 15.3 Å². The molecule has 222 valence electrons. The Bertz CT molecular complexity index is 1610. The van der Waals surface area contributed by atoms with Crippen LogP contribution in [-0.2, 0) is 14.4 Å². The topological polar surface area (TPSA) is 140 Å². The van der Waals surface area contributed by atoms with Crippen molar-refractivity contribution in [3.63, 3.8) is 0 Å². The highest BCUT2D eigenvalue weighted by atomic mass is 35.5. The largest absolute Gasteiger partial charge is 0.383 e. The summed E-state index contributed by atoms with van der Waals surface area (Å²) < 4.78 is 41.6. The molecular formula is C29H24ClF3N6O4. The molecule has 10 nitrogen and oxygen atoms in total. The van der Waals surface area contributed by atoms with Crippen LogP contribution in [0, 0.1) is 17.1 Å². The van der Waals surface area contributed by atoms with E-state index in [0.29, 0.717) is 0 Å². The first-order chi connectivity index (χ1) is 20.5. The normalized spacial score (nSPS) is 20.2. The Morgan fingerprint density at radius 1 is 1.21 bits per heavy atom. The number of nitrogens with zero attached hydrogens (tertiary/aromatic N) is 5. The number of benzene rings is 2. The average molecular weight is 613 g/mol. The standard InChI is InChI=1S/C29H24ClF3N6O4/c30-22-7-2-1-6-21(22)25(26(42)36-18-13-29(32,33)14-18)38(19-5-3-4-16(31)10-19)24(41)12-20-11-23(40)27(43)39(20)28-35-9-8-17(15-34)37-28/h1-10,18,20,23,25,40H,11-14H2,(H,36,42)/t20-,23-,25-/m0/s1. The molecule has 1 saturated carbocycles. The highest BCUT2D eigenvalue weighted by molar-refractivity contribution is 6.31. The number of rotatable bonds is 8. The summed E-state index contributed by atoms with van der Waals surface area (Å²) in [7, 11) is 0. The second-order valence-electron chi connectivity index (χ2n) is 10.3. The van der Waals surface area contributed by atoms with Crippen molar-refractivity contribution in [2.75, 3.05) is 9.80 Å². The second kappa shape index (κ2) is 12.0. The van der Waals surface area contributed by atoms with Crippen molar-refractivity contribution < 1.29 is 32.7 Å². The number of amides is 3. The van der Waals surface area contributed by atoms with Crippen LogP contribution >= 0.6 is 11.6 Å². The monoisotopic (exact) mass is 612 g/mol. The van der Waals surface area contributed by atoms with Crippen molar-refractivity contribution >= 4 is 41.0 Å². The molecule has 2 heterocycles. The third-order valence-electron chi connectivity index (χ3n) is 7.26. The molecule has 1 aliphatic heterocycles. The molecule has 1 aliphatic carbocycles. The molecule has 5 rings (SSSR count). The fourth-order valence-corrected chi connectivity index (χ4v) is 5.51. The number of anilines is 2. The van der Waals surface area contributed by atoms with E-state index in [1.165, 1.54) is 36.5 Å². The third kappa shape index (κ3) is 6.30. The quantitative estimate of drug-likeness (QED) is 0.395. The zero-order chi connectivity index (χ0) is 30.9. The lowest BCUT2D eigenvalue weighted by atomic mass is 9.87. The van der Waals surface area contributed by atoms with Gasteiger partial charge < -0.3 is 10.4 Å². The number of hydrogen-bond donors (Lipinski definition) is 2. The molecule has 2 N–H and O–H groups in total. The van der Waals surface area contributed by atoms with Crippen LogP contribution in [0.3, 0.4) is 0 Å². The zero-order valence-corrected chi connectivity index (χ0v) is 23.1. The third-order valence-corrected chi connectivity index (χ3v) is 7.61. The minimum Gasteiger partial charge on any atom is -0.383 e. The molecule has 2 aromatic carbocycles. The van der Waals surface area contributed by atoms with Gasteiger partial charge in [-0.15, -0.1) is 0 Å². The van der Waals surface area contributed by atoms with Gasteiger partial charge >= 0.3 is 0 Å². The fourth-order valence-electron chi connectivity index (χ4n) is 5.27. The first kappa shape index (κ1) is 29.9. The van der Waals surface area contributed by atoms with Gasteiger partial charge in [0.15, 0.2) is 0 Å². The molecule has 43 heavy (non-hydrogen) atoms. The molecule has 2 fully saturated rings. The van der Waals surface area contributed by atoms with Crippen LogP contribution in [0.1, 0.15) is 43.0 Å². The number of hydrogen-bond acceptors (Lipinski definition) is 7. The average Bonchev–Trinajstić information content (AvgIpc) is 3.23.